The lowest BCUT2D eigenvalue weighted by Crippen LogP contribution is -1.93. The average molecular weight is 242 g/mol. The molecule has 2 rings (SSSR count). The molecule has 0 saturated heterocycles. The van der Waals surface area contributed by atoms with Crippen LogP contribution < -0.4 is 9.47 Å². The number of benzene rings is 2. The average Bonchev–Trinajstić information content (AvgIpc) is 2.41. The third kappa shape index (κ3) is 2.83. The zero-order valence-electron chi connectivity index (χ0n) is 11.1. The summed E-state index contributed by atoms with van der Waals surface area (Å²) in [5, 5.41) is 0. The molecular weight excluding hydrogens is 224 g/mol. The molecule has 2 heteroatoms. The van der Waals surface area contributed by atoms with Gasteiger partial charge in [0.25, 0.3) is 0 Å². The Morgan fingerprint density at radius 2 is 1.39 bits per heavy atom. The van der Waals surface area contributed by atoms with Crippen LogP contribution in [0.4, 0.5) is 0 Å². The monoisotopic (exact) mass is 242 g/mol. The first-order valence-corrected chi connectivity index (χ1v) is 5.99. The molecule has 94 valence electrons. The Balaban J connectivity index is 2.21. The second-order valence-corrected chi connectivity index (χ2v) is 4.35. The van der Waals surface area contributed by atoms with Gasteiger partial charge < -0.3 is 9.47 Å². The first-order chi connectivity index (χ1) is 8.72. The minimum atomic E-state index is 0.769. The number of hydrogen-bond acceptors (Lipinski definition) is 2. The molecule has 0 radical (unpaired) electrons. The van der Waals surface area contributed by atoms with Crippen molar-refractivity contribution in [2.45, 2.75) is 13.3 Å². The summed E-state index contributed by atoms with van der Waals surface area (Å²) < 4.78 is 10.5. The first-order valence-electron chi connectivity index (χ1n) is 5.99. The fraction of sp³-hybridized carbons (Fsp3) is 0.250. The van der Waals surface area contributed by atoms with Crippen molar-refractivity contribution in [3.8, 4) is 11.5 Å². The molecule has 0 atom stereocenters. The molecule has 0 bridgehead atoms. The van der Waals surface area contributed by atoms with Gasteiger partial charge in [-0.3, -0.25) is 0 Å². The van der Waals surface area contributed by atoms with Crippen molar-refractivity contribution in [2.24, 2.45) is 0 Å². The molecule has 0 saturated carbocycles. The predicted molar refractivity (Wildman–Crippen MR) is 73.5 cm³/mol. The smallest absolute Gasteiger partial charge is 0.160 e. The lowest BCUT2D eigenvalue weighted by molar-refractivity contribution is 0.354. The summed E-state index contributed by atoms with van der Waals surface area (Å²) >= 11 is 0. The van der Waals surface area contributed by atoms with E-state index in [1.54, 1.807) is 14.2 Å². The zero-order valence-corrected chi connectivity index (χ0v) is 11.1. The molecule has 2 aromatic carbocycles. The van der Waals surface area contributed by atoms with Crippen molar-refractivity contribution in [1.29, 1.82) is 0 Å². The number of ether oxygens (including phenoxy) is 2. The summed E-state index contributed by atoms with van der Waals surface area (Å²) in [6.07, 6.45) is 0.903. The van der Waals surface area contributed by atoms with Gasteiger partial charge in [0.2, 0.25) is 0 Å². The van der Waals surface area contributed by atoms with Gasteiger partial charge in [-0.25, -0.2) is 0 Å². The standard InChI is InChI=1S/C16H18O2/c1-12-4-6-13(7-5-12)10-14-8-9-15(17-2)16(11-14)18-3/h4-9,11H,10H2,1-3H3. The lowest BCUT2D eigenvalue weighted by Gasteiger charge is -2.09. The second-order valence-electron chi connectivity index (χ2n) is 4.35. The van der Waals surface area contributed by atoms with Crippen LogP contribution in [0.5, 0.6) is 11.5 Å². The summed E-state index contributed by atoms with van der Waals surface area (Å²) in [7, 11) is 3.31. The Labute approximate surface area is 108 Å². The van der Waals surface area contributed by atoms with E-state index in [9.17, 15) is 0 Å². The Kier molecular flexibility index (Phi) is 3.88. The van der Waals surface area contributed by atoms with Crippen molar-refractivity contribution >= 4 is 0 Å². The number of rotatable bonds is 4. The molecule has 0 aliphatic heterocycles. The van der Waals surface area contributed by atoms with Crippen LogP contribution in [0.25, 0.3) is 0 Å². The number of methoxy groups -OCH3 is 2. The van der Waals surface area contributed by atoms with E-state index in [0.29, 0.717) is 0 Å². The van der Waals surface area contributed by atoms with E-state index in [2.05, 4.69) is 37.3 Å². The van der Waals surface area contributed by atoms with Gasteiger partial charge in [-0.15, -0.1) is 0 Å². The maximum absolute atomic E-state index is 5.31. The predicted octanol–water partition coefficient (Wildman–Crippen LogP) is 3.60. The van der Waals surface area contributed by atoms with E-state index in [4.69, 9.17) is 9.47 Å². The van der Waals surface area contributed by atoms with Crippen molar-refractivity contribution in [3.05, 3.63) is 59.2 Å². The van der Waals surface area contributed by atoms with Crippen molar-refractivity contribution in [3.63, 3.8) is 0 Å². The summed E-state index contributed by atoms with van der Waals surface area (Å²) in [4.78, 5) is 0. The molecule has 0 fully saturated rings. The second kappa shape index (κ2) is 5.58. The SMILES string of the molecule is COc1ccc(Cc2ccc(C)cc2)cc1OC. The van der Waals surface area contributed by atoms with E-state index in [1.807, 2.05) is 12.1 Å². The van der Waals surface area contributed by atoms with E-state index in [-0.39, 0.29) is 0 Å². The molecule has 0 aromatic heterocycles. The van der Waals surface area contributed by atoms with Gasteiger partial charge in [0, 0.05) is 0 Å². The van der Waals surface area contributed by atoms with Crippen molar-refractivity contribution < 1.29 is 9.47 Å². The molecule has 18 heavy (non-hydrogen) atoms. The Morgan fingerprint density at radius 1 is 0.778 bits per heavy atom. The quantitative estimate of drug-likeness (QED) is 0.815. The largest absolute Gasteiger partial charge is 0.493 e. The highest BCUT2D eigenvalue weighted by Crippen LogP contribution is 2.28. The molecular formula is C16H18O2. The maximum atomic E-state index is 5.31. The van der Waals surface area contributed by atoms with Gasteiger partial charge in [0.1, 0.15) is 0 Å². The van der Waals surface area contributed by atoms with Gasteiger partial charge in [0.05, 0.1) is 14.2 Å². The Bertz CT molecular complexity index is 515. The van der Waals surface area contributed by atoms with Crippen LogP contribution >= 0.6 is 0 Å². The fourth-order valence-electron chi connectivity index (χ4n) is 1.93. The lowest BCUT2D eigenvalue weighted by atomic mass is 10.0. The van der Waals surface area contributed by atoms with Gasteiger partial charge >= 0.3 is 0 Å². The zero-order chi connectivity index (χ0) is 13.0. The van der Waals surface area contributed by atoms with Crippen molar-refractivity contribution in [2.75, 3.05) is 14.2 Å². The molecule has 0 heterocycles. The summed E-state index contributed by atoms with van der Waals surface area (Å²) in [6.45, 7) is 2.10. The minimum absolute atomic E-state index is 0.769. The van der Waals surface area contributed by atoms with Gasteiger partial charge in [-0.05, 0) is 36.6 Å². The molecule has 0 N–H and O–H groups in total. The molecule has 0 amide bonds. The first kappa shape index (κ1) is 12.5. The summed E-state index contributed by atoms with van der Waals surface area (Å²) in [5.41, 5.74) is 3.80. The highest BCUT2D eigenvalue weighted by molar-refractivity contribution is 5.44. The van der Waals surface area contributed by atoms with Crippen LogP contribution in [0.3, 0.4) is 0 Å². The van der Waals surface area contributed by atoms with Crippen LogP contribution in [0.1, 0.15) is 16.7 Å². The van der Waals surface area contributed by atoms with E-state index in [0.717, 1.165) is 17.9 Å². The Morgan fingerprint density at radius 3 is 2.00 bits per heavy atom. The van der Waals surface area contributed by atoms with Gasteiger partial charge in [-0.1, -0.05) is 35.9 Å². The van der Waals surface area contributed by atoms with Crippen molar-refractivity contribution in [1.82, 2.24) is 0 Å². The molecule has 0 unspecified atom stereocenters. The third-order valence-electron chi connectivity index (χ3n) is 2.98. The van der Waals surface area contributed by atoms with Crippen LogP contribution in [0.2, 0.25) is 0 Å². The normalized spacial score (nSPS) is 10.2. The summed E-state index contributed by atoms with van der Waals surface area (Å²) in [6, 6.07) is 14.6. The molecule has 0 aliphatic rings. The fourth-order valence-corrected chi connectivity index (χ4v) is 1.93. The number of aryl methyl sites for hydroxylation is 1. The van der Waals surface area contributed by atoms with Gasteiger partial charge in [-0.2, -0.15) is 0 Å². The molecule has 0 aliphatic carbocycles. The van der Waals surface area contributed by atoms with Crippen LogP contribution in [0.15, 0.2) is 42.5 Å². The minimum Gasteiger partial charge on any atom is -0.493 e. The highest BCUT2D eigenvalue weighted by Gasteiger charge is 2.05. The van der Waals surface area contributed by atoms with Crippen LogP contribution in [-0.2, 0) is 6.42 Å². The van der Waals surface area contributed by atoms with Crippen LogP contribution in [-0.4, -0.2) is 14.2 Å². The van der Waals surface area contributed by atoms with E-state index in [1.165, 1.54) is 16.7 Å². The number of hydrogen-bond donors (Lipinski definition) is 0. The van der Waals surface area contributed by atoms with Crippen LogP contribution in [0, 0.1) is 6.92 Å². The molecule has 2 nitrogen and oxygen atoms in total. The van der Waals surface area contributed by atoms with E-state index >= 15 is 0 Å². The molecule has 0 spiro atoms. The maximum Gasteiger partial charge on any atom is 0.160 e. The van der Waals surface area contributed by atoms with E-state index < -0.39 is 0 Å². The summed E-state index contributed by atoms with van der Waals surface area (Å²) in [5.74, 6) is 1.55. The topological polar surface area (TPSA) is 18.5 Å². The third-order valence-corrected chi connectivity index (χ3v) is 2.98. The Hall–Kier alpha value is -1.96. The molecule has 2 aromatic rings. The highest BCUT2D eigenvalue weighted by atomic mass is 16.5. The van der Waals surface area contributed by atoms with Gasteiger partial charge in [0.15, 0.2) is 11.5 Å².